The summed E-state index contributed by atoms with van der Waals surface area (Å²) in [5.41, 5.74) is 13.5. The van der Waals surface area contributed by atoms with Gasteiger partial charge in [-0.15, -0.1) is 0 Å². The summed E-state index contributed by atoms with van der Waals surface area (Å²) in [5.74, 6) is 7.72. The highest BCUT2D eigenvalue weighted by atomic mass is 32.2. The van der Waals surface area contributed by atoms with E-state index in [0.29, 0.717) is 42.7 Å². The van der Waals surface area contributed by atoms with Crippen LogP contribution in [0.5, 0.6) is 0 Å². The highest BCUT2D eigenvalue weighted by Gasteiger charge is 2.22. The number of anilines is 5. The molecule has 0 unspecified atom stereocenters. The number of rotatable bonds is 10. The normalized spacial score (nSPS) is 17.9. The molecule has 0 atom stereocenters. The van der Waals surface area contributed by atoms with Crippen LogP contribution in [0, 0.1) is 0 Å². The van der Waals surface area contributed by atoms with E-state index < -0.39 is 20.6 Å². The zero-order valence-electron chi connectivity index (χ0n) is 49.4. The molecule has 5 aliphatic heterocycles. The van der Waals surface area contributed by atoms with Crippen LogP contribution in [0.2, 0.25) is 0 Å². The van der Waals surface area contributed by atoms with E-state index in [9.17, 15) is 12.6 Å². The molecule has 5 fully saturated rings. The van der Waals surface area contributed by atoms with E-state index in [1.807, 2.05) is 0 Å². The van der Waals surface area contributed by atoms with Crippen LogP contribution >= 0.6 is 11.8 Å². The molecule has 0 bridgehead atoms. The van der Waals surface area contributed by atoms with Gasteiger partial charge in [-0.2, -0.15) is 11.8 Å². The Kier molecular flexibility index (Phi) is 25.8. The van der Waals surface area contributed by atoms with Gasteiger partial charge in [-0.3, -0.25) is 4.21 Å². The standard InChI is InChI=1S/C14H21N.C13H19NO2S.C13H19NOS.C13H19NO.C13H19NS/c1-12(2)13-6-8-14(9-7-13)15-10-4-3-5-11-15;1-11(2)12-3-5-13(6-4-12)14-7-9-17(15,16)10-8-14;1-11(2)12-3-5-13(6-4-12)14-7-9-16(15)10-8-14;2*1-11(2)12-3-5-13(6-4-12)14-7-9-15-10-8-14/h6-9,12H,3-5,10-11H2,1-2H3;3-6,11H,7-10H2,1-2H3;3-6,11H,7-10H2,1-2H3;2*3-6,11H,7-10H2,1-2H3. The van der Waals surface area contributed by atoms with Gasteiger partial charge in [0.25, 0.3) is 0 Å². The molecule has 9 nitrogen and oxygen atoms in total. The molecule has 0 radical (unpaired) electrons. The lowest BCUT2D eigenvalue weighted by atomic mass is 10.0. The van der Waals surface area contributed by atoms with Gasteiger partial charge in [0.1, 0.15) is 0 Å². The van der Waals surface area contributed by atoms with Crippen molar-refractivity contribution in [3.05, 3.63) is 149 Å². The third-order valence-corrected chi connectivity index (χ3v) is 19.4. The average molecular weight is 1120 g/mol. The minimum atomic E-state index is -2.79. The molecule has 0 N–H and O–H groups in total. The first kappa shape index (κ1) is 62.7. The number of thioether (sulfide) groups is 1. The summed E-state index contributed by atoms with van der Waals surface area (Å²) in [6.45, 7) is 33.9. The van der Waals surface area contributed by atoms with Crippen molar-refractivity contribution in [2.75, 3.05) is 138 Å². The molecule has 0 saturated carbocycles. The maximum absolute atomic E-state index is 11.3. The van der Waals surface area contributed by atoms with Crippen molar-refractivity contribution in [2.24, 2.45) is 0 Å². The Morgan fingerprint density at radius 2 is 0.641 bits per heavy atom. The number of hydrogen-bond donors (Lipinski definition) is 0. The second-order valence-corrected chi connectivity index (χ2v) is 28.2. The third kappa shape index (κ3) is 20.6. The Bertz CT molecular complexity index is 2410. The smallest absolute Gasteiger partial charge is 0.153 e. The molecule has 428 valence electrons. The van der Waals surface area contributed by atoms with Gasteiger partial charge in [0.05, 0.1) is 24.7 Å². The minimum absolute atomic E-state index is 0.277. The molecule has 5 saturated heterocycles. The topological polar surface area (TPSA) is 76.6 Å². The number of nitrogens with zero attached hydrogens (tertiary/aromatic N) is 5. The Balaban J connectivity index is 0.000000158. The fourth-order valence-corrected chi connectivity index (χ4v) is 13.2. The van der Waals surface area contributed by atoms with Gasteiger partial charge in [0.15, 0.2) is 9.84 Å². The van der Waals surface area contributed by atoms with Crippen molar-refractivity contribution >= 4 is 60.8 Å². The summed E-state index contributed by atoms with van der Waals surface area (Å²) in [6, 6.07) is 44.3. The lowest BCUT2D eigenvalue weighted by molar-refractivity contribution is 0.122. The quantitative estimate of drug-likeness (QED) is 0.135. The van der Waals surface area contributed by atoms with E-state index in [0.717, 1.165) is 56.6 Å². The highest BCUT2D eigenvalue weighted by Crippen LogP contribution is 2.27. The Hall–Kier alpha value is -4.49. The van der Waals surface area contributed by atoms with Gasteiger partial charge >= 0.3 is 0 Å². The first-order valence-corrected chi connectivity index (χ1v) is 33.9. The zero-order chi connectivity index (χ0) is 56.0. The Labute approximate surface area is 480 Å². The van der Waals surface area contributed by atoms with Gasteiger partial charge in [0.2, 0.25) is 0 Å². The van der Waals surface area contributed by atoms with E-state index in [4.69, 9.17) is 4.74 Å². The zero-order valence-corrected chi connectivity index (χ0v) is 51.8. The van der Waals surface area contributed by atoms with Gasteiger partial charge in [-0.05, 0) is 137 Å². The molecule has 10 rings (SSSR count). The number of hydrogen-bond acceptors (Lipinski definition) is 10. The van der Waals surface area contributed by atoms with Crippen molar-refractivity contribution in [3.63, 3.8) is 0 Å². The van der Waals surface area contributed by atoms with Gasteiger partial charge in [-0.1, -0.05) is 130 Å². The van der Waals surface area contributed by atoms with Crippen molar-refractivity contribution < 1.29 is 17.4 Å². The number of benzene rings is 5. The predicted octanol–water partition coefficient (Wildman–Crippen LogP) is 14.2. The highest BCUT2D eigenvalue weighted by molar-refractivity contribution is 7.99. The van der Waals surface area contributed by atoms with Gasteiger partial charge < -0.3 is 29.2 Å². The largest absolute Gasteiger partial charge is 0.378 e. The van der Waals surface area contributed by atoms with Crippen LogP contribution in [0.15, 0.2) is 121 Å². The van der Waals surface area contributed by atoms with E-state index in [-0.39, 0.29) is 11.5 Å². The lowest BCUT2D eigenvalue weighted by Crippen LogP contribution is -2.40. The molecule has 5 aliphatic rings. The molecule has 5 heterocycles. The molecular formula is C66H97N5O4S3. The van der Waals surface area contributed by atoms with Crippen molar-refractivity contribution in [1.29, 1.82) is 0 Å². The number of morpholine rings is 1. The second kappa shape index (κ2) is 32.1. The van der Waals surface area contributed by atoms with Crippen LogP contribution in [-0.4, -0.2) is 126 Å². The summed E-state index contributed by atoms with van der Waals surface area (Å²) in [5, 5.41) is 0. The fraction of sp³-hybridized carbons (Fsp3) is 0.545. The van der Waals surface area contributed by atoms with Crippen LogP contribution in [0.4, 0.5) is 28.4 Å². The molecule has 78 heavy (non-hydrogen) atoms. The molecule has 0 spiro atoms. The summed E-state index contributed by atoms with van der Waals surface area (Å²) in [7, 11) is -3.37. The molecule has 5 aromatic carbocycles. The van der Waals surface area contributed by atoms with Crippen LogP contribution in [-0.2, 0) is 25.4 Å². The molecule has 0 aliphatic carbocycles. The molecule has 0 aromatic heterocycles. The predicted molar refractivity (Wildman–Crippen MR) is 342 cm³/mol. The fourth-order valence-electron chi connectivity index (χ4n) is 10.0. The molecular weight excluding hydrogens is 1020 g/mol. The van der Waals surface area contributed by atoms with Gasteiger partial charge in [-0.25, -0.2) is 8.42 Å². The van der Waals surface area contributed by atoms with Crippen molar-refractivity contribution in [1.82, 2.24) is 0 Å². The molecule has 12 heteroatoms. The van der Waals surface area contributed by atoms with E-state index in [2.05, 4.69) is 227 Å². The van der Waals surface area contributed by atoms with Crippen LogP contribution in [0.25, 0.3) is 0 Å². The minimum Gasteiger partial charge on any atom is -0.378 e. The van der Waals surface area contributed by atoms with Crippen LogP contribution in [0.3, 0.4) is 0 Å². The summed E-state index contributed by atoms with van der Waals surface area (Å²) in [6.07, 6.45) is 4.11. The number of piperidine rings is 1. The third-order valence-electron chi connectivity index (χ3n) is 15.5. The Morgan fingerprint density at radius 3 is 0.949 bits per heavy atom. The van der Waals surface area contributed by atoms with Crippen molar-refractivity contribution in [3.8, 4) is 0 Å². The van der Waals surface area contributed by atoms with E-state index in [1.54, 1.807) is 0 Å². The van der Waals surface area contributed by atoms with E-state index >= 15 is 0 Å². The first-order valence-electron chi connectivity index (χ1n) is 29.4. The first-order chi connectivity index (χ1) is 37.5. The number of sulfone groups is 1. The summed E-state index contributed by atoms with van der Waals surface area (Å²) >= 11 is 2.06. The average Bonchev–Trinajstić information content (AvgIpc) is 3.47. The van der Waals surface area contributed by atoms with Crippen LogP contribution in [0.1, 0.15) is 146 Å². The summed E-state index contributed by atoms with van der Waals surface area (Å²) < 4.78 is 39.3. The van der Waals surface area contributed by atoms with Crippen molar-refractivity contribution in [2.45, 2.75) is 118 Å². The van der Waals surface area contributed by atoms with Gasteiger partial charge in [0, 0.05) is 128 Å². The number of ether oxygens (including phenoxy) is 1. The maximum Gasteiger partial charge on any atom is 0.153 e. The summed E-state index contributed by atoms with van der Waals surface area (Å²) in [4.78, 5) is 11.8. The molecule has 5 aromatic rings. The van der Waals surface area contributed by atoms with Crippen LogP contribution < -0.4 is 24.5 Å². The lowest BCUT2D eigenvalue weighted by Gasteiger charge is -2.29. The Morgan fingerprint density at radius 1 is 0.372 bits per heavy atom. The second-order valence-electron chi connectivity index (χ2n) is 23.0. The molecule has 0 amide bonds. The maximum atomic E-state index is 11.3. The monoisotopic (exact) mass is 1120 g/mol. The SMILES string of the molecule is CC(C)c1ccc(N2CCCCC2)cc1.CC(C)c1ccc(N2CCOCC2)cc1.CC(C)c1ccc(N2CCS(=O)(=O)CC2)cc1.CC(C)c1ccc(N2CCS(=O)CC2)cc1.CC(C)c1ccc(N2CCSCC2)cc1. The van der Waals surface area contributed by atoms with E-state index in [1.165, 1.54) is 108 Å².